The number of aryl methyl sites for hydroxylation is 1. The van der Waals surface area contributed by atoms with E-state index in [0.29, 0.717) is 15.9 Å². The lowest BCUT2D eigenvalue weighted by atomic mass is 10.2. The molecule has 0 aliphatic heterocycles. The van der Waals surface area contributed by atoms with Gasteiger partial charge in [-0.3, -0.25) is 10.1 Å². The van der Waals surface area contributed by atoms with Gasteiger partial charge in [-0.2, -0.15) is 4.98 Å². The fourth-order valence-corrected chi connectivity index (χ4v) is 2.52. The molecule has 24 heavy (non-hydrogen) atoms. The van der Waals surface area contributed by atoms with Crippen LogP contribution in [0.25, 0.3) is 0 Å². The first-order valence-electron chi connectivity index (χ1n) is 6.64. The number of hydrogen-bond donors (Lipinski definition) is 1. The van der Waals surface area contributed by atoms with Gasteiger partial charge in [0.05, 0.1) is 4.92 Å². The highest BCUT2D eigenvalue weighted by Crippen LogP contribution is 2.36. The number of rotatable bonds is 5. The molecule has 0 amide bonds. The Morgan fingerprint density at radius 3 is 2.83 bits per heavy atom. The lowest BCUT2D eigenvalue weighted by Crippen LogP contribution is -2.03. The zero-order chi connectivity index (χ0) is 17.1. The Balaban J connectivity index is 1.97. The van der Waals surface area contributed by atoms with Crippen molar-refractivity contribution >= 4 is 39.6 Å². The third-order valence-electron chi connectivity index (χ3n) is 2.97. The average molecular weight is 364 g/mol. The topological polar surface area (TPSA) is 103 Å². The summed E-state index contributed by atoms with van der Waals surface area (Å²) >= 11 is 7.26. The molecule has 3 rings (SSSR count). The number of aromatic nitrogens is 3. The fourth-order valence-electron chi connectivity index (χ4n) is 1.87. The smallest absolute Gasteiger partial charge is 0.373 e. The number of nitro groups is 1. The van der Waals surface area contributed by atoms with E-state index in [1.54, 1.807) is 36.7 Å². The molecule has 1 N–H and O–H groups in total. The van der Waals surface area contributed by atoms with E-state index in [9.17, 15) is 10.1 Å². The van der Waals surface area contributed by atoms with Gasteiger partial charge in [0.2, 0.25) is 5.82 Å². The molecule has 2 aromatic heterocycles. The summed E-state index contributed by atoms with van der Waals surface area (Å²) in [7, 11) is 0. The van der Waals surface area contributed by atoms with E-state index >= 15 is 0 Å². The molecule has 0 unspecified atom stereocenters. The van der Waals surface area contributed by atoms with Crippen LogP contribution in [0.2, 0.25) is 5.02 Å². The molecule has 0 atom stereocenters. The molecule has 1 aromatic carbocycles. The third kappa shape index (κ3) is 3.42. The average Bonchev–Trinajstić information content (AvgIpc) is 3.04. The van der Waals surface area contributed by atoms with Gasteiger partial charge in [0.25, 0.3) is 0 Å². The second kappa shape index (κ2) is 6.77. The lowest BCUT2D eigenvalue weighted by molar-refractivity contribution is -0.385. The number of ether oxygens (including phenoxy) is 1. The first-order chi connectivity index (χ1) is 11.5. The van der Waals surface area contributed by atoms with Crippen molar-refractivity contribution in [3.8, 4) is 11.6 Å². The zero-order valence-corrected chi connectivity index (χ0v) is 13.8. The van der Waals surface area contributed by atoms with Crippen LogP contribution >= 0.6 is 22.9 Å². The van der Waals surface area contributed by atoms with Gasteiger partial charge in [-0.1, -0.05) is 11.6 Å². The maximum atomic E-state index is 11.4. The molecule has 2 heterocycles. The van der Waals surface area contributed by atoms with E-state index in [4.69, 9.17) is 16.3 Å². The number of thiazole rings is 1. The predicted molar refractivity (Wildman–Crippen MR) is 90.3 cm³/mol. The number of nitrogens with one attached hydrogen (secondary N) is 1. The van der Waals surface area contributed by atoms with Crippen molar-refractivity contribution in [2.45, 2.75) is 6.92 Å². The Labute approximate surface area is 145 Å². The van der Waals surface area contributed by atoms with Crippen LogP contribution < -0.4 is 10.1 Å². The van der Waals surface area contributed by atoms with E-state index in [1.807, 2.05) is 0 Å². The van der Waals surface area contributed by atoms with Crippen molar-refractivity contribution in [2.75, 3.05) is 5.32 Å². The summed E-state index contributed by atoms with van der Waals surface area (Å²) in [6, 6.07) is 4.92. The Kier molecular flexibility index (Phi) is 4.54. The normalized spacial score (nSPS) is 10.4. The van der Waals surface area contributed by atoms with Crippen LogP contribution in [-0.2, 0) is 0 Å². The van der Waals surface area contributed by atoms with Gasteiger partial charge in [-0.05, 0) is 30.7 Å². The second-order valence-corrected chi connectivity index (χ2v) is 5.91. The summed E-state index contributed by atoms with van der Waals surface area (Å²) in [5, 5.41) is 17.0. The molecule has 0 fully saturated rings. The van der Waals surface area contributed by atoms with E-state index in [0.717, 1.165) is 5.56 Å². The Morgan fingerprint density at radius 1 is 1.33 bits per heavy atom. The highest BCUT2D eigenvalue weighted by atomic mass is 35.5. The molecular weight excluding hydrogens is 354 g/mol. The monoisotopic (exact) mass is 363 g/mol. The van der Waals surface area contributed by atoms with Gasteiger partial charge in [0.15, 0.2) is 5.13 Å². The van der Waals surface area contributed by atoms with Gasteiger partial charge in [0, 0.05) is 16.6 Å². The first-order valence-corrected chi connectivity index (χ1v) is 7.90. The maximum absolute atomic E-state index is 11.4. The zero-order valence-electron chi connectivity index (χ0n) is 12.3. The summed E-state index contributed by atoms with van der Waals surface area (Å²) in [4.78, 5) is 22.6. The van der Waals surface area contributed by atoms with Crippen LogP contribution in [0.15, 0.2) is 36.1 Å². The summed E-state index contributed by atoms with van der Waals surface area (Å²) in [6.45, 7) is 1.80. The summed E-state index contributed by atoms with van der Waals surface area (Å²) in [5.41, 5.74) is 0.410. The molecule has 122 valence electrons. The highest BCUT2D eigenvalue weighted by molar-refractivity contribution is 7.13. The Bertz CT molecular complexity index is 888. The van der Waals surface area contributed by atoms with Gasteiger partial charge >= 0.3 is 11.6 Å². The molecule has 0 saturated heterocycles. The molecule has 0 aliphatic rings. The van der Waals surface area contributed by atoms with Crippen molar-refractivity contribution in [3.63, 3.8) is 0 Å². The number of hydrogen-bond acceptors (Lipinski definition) is 8. The van der Waals surface area contributed by atoms with Crippen LogP contribution in [0.3, 0.4) is 0 Å². The molecule has 0 bridgehead atoms. The summed E-state index contributed by atoms with van der Waals surface area (Å²) in [5.74, 6) is 0.223. The quantitative estimate of drug-likeness (QED) is 0.531. The van der Waals surface area contributed by atoms with E-state index < -0.39 is 4.92 Å². The Hall–Kier alpha value is -2.78. The molecule has 10 heteroatoms. The first kappa shape index (κ1) is 16.1. The van der Waals surface area contributed by atoms with Gasteiger partial charge in [-0.15, -0.1) is 11.3 Å². The standard InChI is InChI=1S/C14H10ClN5O3S/c1-8-6-9(2-3-10(8)15)23-13-11(20(21)22)12(17-7-18-13)19-14-16-4-5-24-14/h2-7H,1H3,(H,16,17,18,19). The van der Waals surface area contributed by atoms with E-state index in [-0.39, 0.29) is 17.4 Å². The maximum Gasteiger partial charge on any atom is 0.373 e. The molecule has 8 nitrogen and oxygen atoms in total. The van der Waals surface area contributed by atoms with Crippen LogP contribution in [0.4, 0.5) is 16.6 Å². The van der Waals surface area contributed by atoms with E-state index in [1.165, 1.54) is 17.7 Å². The number of anilines is 2. The SMILES string of the molecule is Cc1cc(Oc2ncnc(Nc3nccs3)c2[N+](=O)[O-])ccc1Cl. The summed E-state index contributed by atoms with van der Waals surface area (Å²) in [6.07, 6.45) is 2.76. The minimum absolute atomic E-state index is 0.00522. The Morgan fingerprint density at radius 2 is 2.17 bits per heavy atom. The minimum atomic E-state index is -0.603. The minimum Gasteiger partial charge on any atom is -0.434 e. The number of nitrogens with zero attached hydrogens (tertiary/aromatic N) is 4. The lowest BCUT2D eigenvalue weighted by Gasteiger charge is -2.09. The summed E-state index contributed by atoms with van der Waals surface area (Å²) < 4.78 is 5.56. The van der Waals surface area contributed by atoms with Crippen LogP contribution in [0, 0.1) is 17.0 Å². The van der Waals surface area contributed by atoms with Crippen LogP contribution in [-0.4, -0.2) is 19.9 Å². The molecule has 0 radical (unpaired) electrons. The van der Waals surface area contributed by atoms with Crippen LogP contribution in [0.5, 0.6) is 11.6 Å². The second-order valence-electron chi connectivity index (χ2n) is 4.61. The van der Waals surface area contributed by atoms with Gasteiger partial charge < -0.3 is 10.1 Å². The van der Waals surface area contributed by atoms with Crippen molar-refractivity contribution < 1.29 is 9.66 Å². The number of halogens is 1. The van der Waals surface area contributed by atoms with Crippen molar-refractivity contribution in [1.29, 1.82) is 0 Å². The molecule has 0 aliphatic carbocycles. The predicted octanol–water partition coefficient (Wildman–Crippen LogP) is 4.34. The molecule has 3 aromatic rings. The number of benzene rings is 1. The van der Waals surface area contributed by atoms with E-state index in [2.05, 4.69) is 20.3 Å². The van der Waals surface area contributed by atoms with Crippen molar-refractivity contribution in [2.24, 2.45) is 0 Å². The van der Waals surface area contributed by atoms with Gasteiger partial charge in [-0.25, -0.2) is 9.97 Å². The van der Waals surface area contributed by atoms with Crippen LogP contribution in [0.1, 0.15) is 5.56 Å². The van der Waals surface area contributed by atoms with Crippen molar-refractivity contribution in [3.05, 3.63) is 56.8 Å². The molecule has 0 spiro atoms. The van der Waals surface area contributed by atoms with Crippen molar-refractivity contribution in [1.82, 2.24) is 15.0 Å². The highest BCUT2D eigenvalue weighted by Gasteiger charge is 2.25. The third-order valence-corrected chi connectivity index (χ3v) is 4.09. The largest absolute Gasteiger partial charge is 0.434 e. The van der Waals surface area contributed by atoms with Gasteiger partial charge in [0.1, 0.15) is 12.1 Å². The molecule has 0 saturated carbocycles. The fraction of sp³-hybridized carbons (Fsp3) is 0.0714. The molecular formula is C14H10ClN5O3S.